The number of aromatic nitrogens is 6. The largest absolute Gasteiger partial charge is 0.444 e. The van der Waals surface area contributed by atoms with Crippen LogP contribution in [-0.2, 0) is 4.74 Å². The van der Waals surface area contributed by atoms with E-state index in [1.807, 2.05) is 51.5 Å². The number of fused-ring (bicyclic) bond motifs is 1. The molecule has 1 saturated heterocycles. The molecule has 1 fully saturated rings. The molecule has 5 aromatic rings. The highest BCUT2D eigenvalue weighted by Crippen LogP contribution is 2.33. The minimum Gasteiger partial charge on any atom is -0.444 e. The quantitative estimate of drug-likeness (QED) is 0.187. The molecule has 9 heteroatoms. The van der Waals surface area contributed by atoms with Gasteiger partial charge in [0.25, 0.3) is 0 Å². The van der Waals surface area contributed by atoms with E-state index in [1.54, 1.807) is 4.90 Å². The summed E-state index contributed by atoms with van der Waals surface area (Å²) in [4.78, 5) is 40.3. The van der Waals surface area contributed by atoms with E-state index in [4.69, 9.17) is 9.72 Å². The van der Waals surface area contributed by atoms with Crippen molar-refractivity contribution in [3.63, 3.8) is 0 Å². The Morgan fingerprint density at radius 3 is 2.48 bits per heavy atom. The number of hydrogen-bond donors (Lipinski definition) is 2. The van der Waals surface area contributed by atoms with E-state index >= 15 is 0 Å². The molecule has 0 radical (unpaired) electrons. The van der Waals surface area contributed by atoms with Crippen LogP contribution >= 0.6 is 0 Å². The number of hydrogen-bond acceptors (Lipinski definition) is 6. The number of unbranched alkanes of at least 4 members (excludes halogenated alkanes) is 1. The molecule has 0 spiro atoms. The highest BCUT2D eigenvalue weighted by molar-refractivity contribution is 5.84. The van der Waals surface area contributed by atoms with Crippen LogP contribution in [0.3, 0.4) is 0 Å². The van der Waals surface area contributed by atoms with Gasteiger partial charge < -0.3 is 14.7 Å². The van der Waals surface area contributed by atoms with Gasteiger partial charge >= 0.3 is 6.09 Å². The van der Waals surface area contributed by atoms with Crippen molar-refractivity contribution < 1.29 is 9.53 Å². The first-order chi connectivity index (χ1) is 21.2. The van der Waals surface area contributed by atoms with Crippen LogP contribution in [0.2, 0.25) is 0 Å². The molecule has 3 aromatic heterocycles. The van der Waals surface area contributed by atoms with Crippen LogP contribution in [0, 0.1) is 0 Å². The van der Waals surface area contributed by atoms with Gasteiger partial charge in [-0.1, -0.05) is 57.0 Å². The molecule has 9 nitrogen and oxygen atoms in total. The number of rotatable bonds is 8. The summed E-state index contributed by atoms with van der Waals surface area (Å²) in [6.45, 7) is 10.8. The molecule has 2 aromatic carbocycles. The van der Waals surface area contributed by atoms with E-state index in [-0.39, 0.29) is 12.1 Å². The van der Waals surface area contributed by atoms with Gasteiger partial charge in [0, 0.05) is 35.2 Å². The number of amides is 1. The Labute approximate surface area is 258 Å². The van der Waals surface area contributed by atoms with E-state index in [0.717, 1.165) is 69.9 Å². The van der Waals surface area contributed by atoms with Gasteiger partial charge in [-0.05, 0) is 57.7 Å². The maximum absolute atomic E-state index is 12.8. The molecule has 0 saturated carbocycles. The molecular weight excluding hydrogens is 550 g/mol. The number of H-pyrrole nitrogens is 2. The Kier molecular flexibility index (Phi) is 8.21. The minimum absolute atomic E-state index is 0.124. The first kappa shape index (κ1) is 29.5. The third-order valence-corrected chi connectivity index (χ3v) is 8.19. The molecule has 0 aliphatic carbocycles. The maximum Gasteiger partial charge on any atom is 0.410 e. The number of aromatic amines is 2. The lowest BCUT2D eigenvalue weighted by molar-refractivity contribution is 0.0218. The first-order valence-electron chi connectivity index (χ1n) is 15.7. The lowest BCUT2D eigenvalue weighted by atomic mass is 10.0. The fraction of sp³-hybridized carbons (Fsp3) is 0.400. The van der Waals surface area contributed by atoms with E-state index in [0.29, 0.717) is 18.3 Å². The van der Waals surface area contributed by atoms with Crippen LogP contribution in [0.5, 0.6) is 0 Å². The molecular formula is C35H41N7O2. The summed E-state index contributed by atoms with van der Waals surface area (Å²) in [5.74, 6) is 2.92. The predicted octanol–water partition coefficient (Wildman–Crippen LogP) is 8.44. The third-order valence-electron chi connectivity index (χ3n) is 8.19. The molecule has 228 valence electrons. The summed E-state index contributed by atoms with van der Waals surface area (Å²) in [6, 6.07) is 14.3. The topological polar surface area (TPSA) is 113 Å². The number of ether oxygens (including phenoxy) is 1. The Hall–Kier alpha value is -4.53. The number of likely N-dealkylation sites (tertiary alicyclic amines) is 1. The van der Waals surface area contributed by atoms with Crippen molar-refractivity contribution in [2.45, 2.75) is 84.3 Å². The SMILES string of the molecule is CCCC[C@H](C)c1ncc(-c2ccc(-c3ncc4cc(-c5cnc([C@@H]6CCCN6C(=O)OC(C)(C)C)[nH]5)ccc4n3)cc2)[nH]1. The Morgan fingerprint density at radius 2 is 1.70 bits per heavy atom. The first-order valence-corrected chi connectivity index (χ1v) is 15.7. The third kappa shape index (κ3) is 6.37. The van der Waals surface area contributed by atoms with Gasteiger partial charge in [-0.15, -0.1) is 0 Å². The zero-order chi connectivity index (χ0) is 30.8. The van der Waals surface area contributed by atoms with Crippen LogP contribution in [0.25, 0.3) is 44.8 Å². The summed E-state index contributed by atoms with van der Waals surface area (Å²) < 4.78 is 5.63. The molecule has 4 heterocycles. The molecule has 2 atom stereocenters. The molecule has 1 aliphatic heterocycles. The van der Waals surface area contributed by atoms with Crippen molar-refractivity contribution in [3.05, 3.63) is 72.7 Å². The lowest BCUT2D eigenvalue weighted by Gasteiger charge is -2.27. The second kappa shape index (κ2) is 12.2. The average molecular weight is 592 g/mol. The number of carbonyl (C=O) groups excluding carboxylic acids is 1. The highest BCUT2D eigenvalue weighted by atomic mass is 16.6. The van der Waals surface area contributed by atoms with Crippen LogP contribution in [0.4, 0.5) is 4.79 Å². The van der Waals surface area contributed by atoms with Gasteiger partial charge in [0.05, 0.1) is 35.3 Å². The van der Waals surface area contributed by atoms with Gasteiger partial charge in [-0.25, -0.2) is 24.7 Å². The zero-order valence-electron chi connectivity index (χ0n) is 26.2. The van der Waals surface area contributed by atoms with E-state index in [2.05, 4.69) is 69.1 Å². The Morgan fingerprint density at radius 1 is 0.977 bits per heavy atom. The van der Waals surface area contributed by atoms with Crippen LogP contribution in [-0.4, -0.2) is 53.0 Å². The summed E-state index contributed by atoms with van der Waals surface area (Å²) in [7, 11) is 0. The molecule has 44 heavy (non-hydrogen) atoms. The smallest absolute Gasteiger partial charge is 0.410 e. The number of benzene rings is 2. The van der Waals surface area contributed by atoms with Crippen LogP contribution < -0.4 is 0 Å². The van der Waals surface area contributed by atoms with E-state index in [9.17, 15) is 4.79 Å². The van der Waals surface area contributed by atoms with Gasteiger partial charge in [0.1, 0.15) is 17.2 Å². The molecule has 6 rings (SSSR count). The standard InChI is InChI=1S/C35H41N7O2/c1-6-7-9-22(2)31-37-20-28(40-31)23-11-13-24(14-12-23)32-36-19-26-18-25(15-16-27(26)39-32)29-21-38-33(41-29)30-10-8-17-42(30)34(43)44-35(3,4)5/h11-16,18-22,30H,6-10,17H2,1-5H3,(H,37,40)(H,38,41)/t22-,30-/m0/s1. The summed E-state index contributed by atoms with van der Waals surface area (Å²) >= 11 is 0. The number of carbonyl (C=O) groups is 1. The molecule has 1 aliphatic rings. The second-order valence-corrected chi connectivity index (χ2v) is 12.8. The van der Waals surface area contributed by atoms with Crippen LogP contribution in [0.15, 0.2) is 61.1 Å². The molecule has 0 bridgehead atoms. The Balaban J connectivity index is 1.16. The van der Waals surface area contributed by atoms with Crippen molar-refractivity contribution in [3.8, 4) is 33.9 Å². The van der Waals surface area contributed by atoms with Gasteiger partial charge in [-0.2, -0.15) is 0 Å². The second-order valence-electron chi connectivity index (χ2n) is 12.8. The average Bonchev–Trinajstić information content (AvgIpc) is 3.80. The van der Waals surface area contributed by atoms with Gasteiger partial charge in [0.2, 0.25) is 0 Å². The molecule has 0 unspecified atom stereocenters. The molecule has 1 amide bonds. The Bertz CT molecular complexity index is 1750. The normalized spacial score (nSPS) is 16.0. The lowest BCUT2D eigenvalue weighted by Crippen LogP contribution is -2.36. The maximum atomic E-state index is 12.8. The van der Waals surface area contributed by atoms with Crippen molar-refractivity contribution in [1.82, 2.24) is 34.8 Å². The van der Waals surface area contributed by atoms with Crippen molar-refractivity contribution >= 4 is 17.0 Å². The van der Waals surface area contributed by atoms with E-state index in [1.165, 1.54) is 12.8 Å². The summed E-state index contributed by atoms with van der Waals surface area (Å²) in [6.07, 6.45) is 10.6. The van der Waals surface area contributed by atoms with Crippen LogP contribution in [0.1, 0.15) is 90.3 Å². The molecule has 2 N–H and O–H groups in total. The zero-order valence-corrected chi connectivity index (χ0v) is 26.2. The summed E-state index contributed by atoms with van der Waals surface area (Å²) in [5.41, 5.74) is 5.28. The van der Waals surface area contributed by atoms with Gasteiger partial charge in [-0.3, -0.25) is 4.90 Å². The fourth-order valence-electron chi connectivity index (χ4n) is 5.76. The predicted molar refractivity (Wildman–Crippen MR) is 173 cm³/mol. The number of nitrogens with zero attached hydrogens (tertiary/aromatic N) is 5. The fourth-order valence-corrected chi connectivity index (χ4v) is 5.76. The summed E-state index contributed by atoms with van der Waals surface area (Å²) in [5, 5.41) is 0.942. The number of imidazole rings is 2. The van der Waals surface area contributed by atoms with Crippen molar-refractivity contribution in [1.29, 1.82) is 0 Å². The van der Waals surface area contributed by atoms with Gasteiger partial charge in [0.15, 0.2) is 5.82 Å². The monoisotopic (exact) mass is 591 g/mol. The number of nitrogens with one attached hydrogen (secondary N) is 2. The van der Waals surface area contributed by atoms with E-state index < -0.39 is 5.60 Å². The highest BCUT2D eigenvalue weighted by Gasteiger charge is 2.34. The van der Waals surface area contributed by atoms with Crippen molar-refractivity contribution in [2.75, 3.05) is 6.54 Å². The van der Waals surface area contributed by atoms with Crippen molar-refractivity contribution in [2.24, 2.45) is 0 Å². The minimum atomic E-state index is -0.536.